The molecule has 0 saturated carbocycles. The SMILES string of the molecule is CC1(C)c2ccccc2-c2cccc(-c3nc(-n4c5ccccc5c5c6ccccc6ccc54)n4ccccc34)c21. The largest absolute Gasteiger partial charge is 0.285 e. The number of benzene rings is 5. The van der Waals surface area contributed by atoms with E-state index in [1.165, 1.54) is 54.9 Å². The second-order valence-corrected chi connectivity index (χ2v) is 11.6. The number of para-hydroxylation sites is 1. The topological polar surface area (TPSA) is 22.2 Å². The van der Waals surface area contributed by atoms with Crippen molar-refractivity contribution in [2.24, 2.45) is 0 Å². The van der Waals surface area contributed by atoms with E-state index in [0.29, 0.717) is 0 Å². The molecule has 0 N–H and O–H groups in total. The molecule has 3 heterocycles. The van der Waals surface area contributed by atoms with Gasteiger partial charge in [-0.15, -0.1) is 0 Å². The molecule has 5 aromatic carbocycles. The number of fused-ring (bicyclic) bond motifs is 9. The number of rotatable bonds is 2. The lowest BCUT2D eigenvalue weighted by molar-refractivity contribution is 0.662. The van der Waals surface area contributed by atoms with Crippen molar-refractivity contribution in [2.45, 2.75) is 19.3 Å². The predicted octanol–water partition coefficient (Wildman–Crippen LogP) is 9.56. The third-order valence-electron chi connectivity index (χ3n) is 9.13. The Hall–Kier alpha value is -5.15. The van der Waals surface area contributed by atoms with Crippen LogP contribution in [0.3, 0.4) is 0 Å². The van der Waals surface area contributed by atoms with Gasteiger partial charge in [-0.05, 0) is 57.3 Å². The number of aromatic nitrogens is 3. The Morgan fingerprint density at radius 3 is 2.20 bits per heavy atom. The molecule has 0 unspecified atom stereocenters. The maximum Gasteiger partial charge on any atom is 0.220 e. The standard InChI is InChI=1S/C38H27N3/c1-38(2)30-18-7-5-14-26(30)27-16-11-17-29(35(27)38)36-33-20-9-10-23-40(33)37(39-36)41-31-19-8-6-15-28(31)34-25-13-4-3-12-24(25)21-22-32(34)41/h3-23H,1-2H3. The molecule has 41 heavy (non-hydrogen) atoms. The van der Waals surface area contributed by atoms with Crippen molar-refractivity contribution in [3.63, 3.8) is 0 Å². The van der Waals surface area contributed by atoms with Gasteiger partial charge in [-0.2, -0.15) is 0 Å². The lowest BCUT2D eigenvalue weighted by Gasteiger charge is -2.23. The summed E-state index contributed by atoms with van der Waals surface area (Å²) in [5, 5.41) is 5.02. The fraction of sp³-hybridized carbons (Fsp3) is 0.0789. The van der Waals surface area contributed by atoms with Crippen molar-refractivity contribution in [3.05, 3.63) is 139 Å². The van der Waals surface area contributed by atoms with E-state index < -0.39 is 0 Å². The Balaban J connectivity index is 1.39. The van der Waals surface area contributed by atoms with Crippen LogP contribution >= 0.6 is 0 Å². The summed E-state index contributed by atoms with van der Waals surface area (Å²) in [7, 11) is 0. The van der Waals surface area contributed by atoms with E-state index >= 15 is 0 Å². The van der Waals surface area contributed by atoms with E-state index in [0.717, 1.165) is 22.7 Å². The fourth-order valence-electron chi connectivity index (χ4n) is 7.38. The molecule has 1 aliphatic rings. The van der Waals surface area contributed by atoms with Crippen molar-refractivity contribution in [3.8, 4) is 28.3 Å². The summed E-state index contributed by atoms with van der Waals surface area (Å²) >= 11 is 0. The van der Waals surface area contributed by atoms with Gasteiger partial charge in [0, 0.05) is 27.9 Å². The minimum absolute atomic E-state index is 0.126. The van der Waals surface area contributed by atoms with Crippen molar-refractivity contribution in [1.29, 1.82) is 0 Å². The Bertz CT molecular complexity index is 2350. The van der Waals surface area contributed by atoms with Crippen LogP contribution in [-0.4, -0.2) is 14.0 Å². The Morgan fingerprint density at radius 1 is 0.561 bits per heavy atom. The molecule has 0 bridgehead atoms. The van der Waals surface area contributed by atoms with Gasteiger partial charge in [0.2, 0.25) is 5.95 Å². The smallest absolute Gasteiger partial charge is 0.220 e. The molecule has 9 rings (SSSR count). The fourth-order valence-corrected chi connectivity index (χ4v) is 7.38. The van der Waals surface area contributed by atoms with Crippen LogP contribution in [-0.2, 0) is 5.41 Å². The average molecular weight is 526 g/mol. The van der Waals surface area contributed by atoms with Gasteiger partial charge in [0.25, 0.3) is 0 Å². The molecule has 0 amide bonds. The van der Waals surface area contributed by atoms with Gasteiger partial charge < -0.3 is 0 Å². The van der Waals surface area contributed by atoms with Crippen LogP contribution < -0.4 is 0 Å². The van der Waals surface area contributed by atoms with E-state index in [1.807, 2.05) is 0 Å². The first-order valence-corrected chi connectivity index (χ1v) is 14.2. The van der Waals surface area contributed by atoms with Crippen LogP contribution in [0.15, 0.2) is 128 Å². The summed E-state index contributed by atoms with van der Waals surface area (Å²) in [6.07, 6.45) is 2.14. The van der Waals surface area contributed by atoms with E-state index in [-0.39, 0.29) is 5.41 Å². The molecule has 0 atom stereocenters. The number of nitrogens with zero attached hydrogens (tertiary/aromatic N) is 3. The summed E-state index contributed by atoms with van der Waals surface area (Å²) in [6, 6.07) is 43.8. The predicted molar refractivity (Wildman–Crippen MR) is 170 cm³/mol. The van der Waals surface area contributed by atoms with Gasteiger partial charge in [-0.25, -0.2) is 4.98 Å². The molecule has 0 spiro atoms. The monoisotopic (exact) mass is 525 g/mol. The van der Waals surface area contributed by atoms with Crippen LogP contribution in [0.2, 0.25) is 0 Å². The normalized spacial score (nSPS) is 13.8. The van der Waals surface area contributed by atoms with Crippen molar-refractivity contribution < 1.29 is 0 Å². The van der Waals surface area contributed by atoms with Gasteiger partial charge in [-0.1, -0.05) is 111 Å². The summed E-state index contributed by atoms with van der Waals surface area (Å²) in [4.78, 5) is 5.51. The molecule has 1 aliphatic carbocycles. The van der Waals surface area contributed by atoms with E-state index in [1.54, 1.807) is 0 Å². The molecule has 0 radical (unpaired) electrons. The molecular weight excluding hydrogens is 498 g/mol. The summed E-state index contributed by atoms with van der Waals surface area (Å²) in [5.74, 6) is 0.906. The zero-order valence-corrected chi connectivity index (χ0v) is 23.0. The molecule has 3 aromatic heterocycles. The molecular formula is C38H27N3. The van der Waals surface area contributed by atoms with Crippen molar-refractivity contribution >= 4 is 38.1 Å². The highest BCUT2D eigenvalue weighted by Crippen LogP contribution is 2.52. The van der Waals surface area contributed by atoms with Gasteiger partial charge >= 0.3 is 0 Å². The number of imidazole rings is 1. The Morgan fingerprint density at radius 2 is 1.27 bits per heavy atom. The molecule has 0 aliphatic heterocycles. The highest BCUT2D eigenvalue weighted by molar-refractivity contribution is 6.21. The van der Waals surface area contributed by atoms with E-state index in [4.69, 9.17) is 4.98 Å². The van der Waals surface area contributed by atoms with Gasteiger partial charge in [-0.3, -0.25) is 8.97 Å². The zero-order chi connectivity index (χ0) is 27.3. The molecule has 8 aromatic rings. The van der Waals surface area contributed by atoms with Gasteiger partial charge in [0.15, 0.2) is 0 Å². The molecule has 194 valence electrons. The molecule has 3 heteroatoms. The minimum atomic E-state index is -0.126. The van der Waals surface area contributed by atoms with Crippen LogP contribution in [0.25, 0.3) is 66.4 Å². The molecule has 0 fully saturated rings. The summed E-state index contributed by atoms with van der Waals surface area (Å²) in [5.41, 5.74) is 10.9. The van der Waals surface area contributed by atoms with Crippen molar-refractivity contribution in [1.82, 2.24) is 14.0 Å². The summed E-state index contributed by atoms with van der Waals surface area (Å²) in [6.45, 7) is 4.69. The van der Waals surface area contributed by atoms with Crippen LogP contribution in [0.4, 0.5) is 0 Å². The van der Waals surface area contributed by atoms with Crippen molar-refractivity contribution in [2.75, 3.05) is 0 Å². The molecule has 0 saturated heterocycles. The quantitative estimate of drug-likeness (QED) is 0.220. The lowest BCUT2D eigenvalue weighted by Crippen LogP contribution is -2.16. The first-order valence-electron chi connectivity index (χ1n) is 14.2. The highest BCUT2D eigenvalue weighted by atomic mass is 15.2. The number of pyridine rings is 1. The second-order valence-electron chi connectivity index (χ2n) is 11.6. The average Bonchev–Trinajstić information content (AvgIpc) is 3.63. The number of hydrogen-bond acceptors (Lipinski definition) is 1. The Kier molecular flexibility index (Phi) is 4.39. The third kappa shape index (κ3) is 2.90. The Labute approximate surface area is 237 Å². The van der Waals surface area contributed by atoms with Crippen LogP contribution in [0.5, 0.6) is 0 Å². The van der Waals surface area contributed by atoms with E-state index in [9.17, 15) is 0 Å². The maximum absolute atomic E-state index is 5.51. The minimum Gasteiger partial charge on any atom is -0.285 e. The number of hydrogen-bond donors (Lipinski definition) is 0. The third-order valence-corrected chi connectivity index (χ3v) is 9.13. The molecule has 3 nitrogen and oxygen atoms in total. The van der Waals surface area contributed by atoms with Gasteiger partial charge in [0.05, 0.1) is 22.2 Å². The van der Waals surface area contributed by atoms with Crippen LogP contribution in [0.1, 0.15) is 25.0 Å². The second kappa shape index (κ2) is 7.96. The first kappa shape index (κ1) is 22.6. The maximum atomic E-state index is 5.51. The van der Waals surface area contributed by atoms with E-state index in [2.05, 4.69) is 150 Å². The highest BCUT2D eigenvalue weighted by Gasteiger charge is 2.38. The zero-order valence-electron chi connectivity index (χ0n) is 23.0. The van der Waals surface area contributed by atoms with Gasteiger partial charge in [0.1, 0.15) is 0 Å². The lowest BCUT2D eigenvalue weighted by atomic mass is 9.79. The van der Waals surface area contributed by atoms with Crippen LogP contribution in [0, 0.1) is 0 Å². The first-order chi connectivity index (χ1) is 20.1. The summed E-state index contributed by atoms with van der Waals surface area (Å²) < 4.78 is 4.60.